The van der Waals surface area contributed by atoms with Crippen molar-refractivity contribution in [2.24, 2.45) is 5.92 Å². The lowest BCUT2D eigenvalue weighted by atomic mass is 9.74. The van der Waals surface area contributed by atoms with Crippen molar-refractivity contribution in [3.63, 3.8) is 0 Å². The lowest BCUT2D eigenvalue weighted by Crippen LogP contribution is -2.37. The van der Waals surface area contributed by atoms with Crippen LogP contribution in [0.15, 0.2) is 42.0 Å². The second-order valence-electron chi connectivity index (χ2n) is 5.08. The molecule has 2 rings (SSSR count). The van der Waals surface area contributed by atoms with Gasteiger partial charge in [0.1, 0.15) is 6.29 Å². The second-order valence-corrected chi connectivity index (χ2v) is 5.08. The van der Waals surface area contributed by atoms with Gasteiger partial charge in [-0.1, -0.05) is 42.0 Å². The normalized spacial score (nSPS) is 26.6. The highest BCUT2D eigenvalue weighted by Gasteiger charge is 2.41. The number of hydrogen-bond acceptors (Lipinski definition) is 3. The van der Waals surface area contributed by atoms with Gasteiger partial charge < -0.3 is 4.79 Å². The van der Waals surface area contributed by atoms with Gasteiger partial charge in [0.15, 0.2) is 0 Å². The number of allylic oxidation sites excluding steroid dienone is 1. The van der Waals surface area contributed by atoms with Crippen LogP contribution in [0.1, 0.15) is 31.2 Å². The van der Waals surface area contributed by atoms with Crippen LogP contribution in [-0.4, -0.2) is 17.3 Å². The summed E-state index contributed by atoms with van der Waals surface area (Å²) in [4.78, 5) is 21.9. The first kappa shape index (κ1) is 13.5. The molecule has 0 saturated heterocycles. The zero-order valence-corrected chi connectivity index (χ0v) is 10.9. The topological polar surface area (TPSA) is 60.2 Å². The molecule has 0 unspecified atom stereocenters. The lowest BCUT2D eigenvalue weighted by molar-refractivity contribution is -0.534. The Hall–Kier alpha value is -1.97. The molecule has 1 aromatic rings. The average Bonchev–Trinajstić information content (AvgIpc) is 2.39. The van der Waals surface area contributed by atoms with Gasteiger partial charge in [-0.05, 0) is 18.9 Å². The van der Waals surface area contributed by atoms with E-state index in [0.717, 1.165) is 17.4 Å². The van der Waals surface area contributed by atoms with Gasteiger partial charge in [-0.2, -0.15) is 0 Å². The molecule has 0 radical (unpaired) electrons. The zero-order chi connectivity index (χ0) is 13.8. The summed E-state index contributed by atoms with van der Waals surface area (Å²) < 4.78 is 0. The van der Waals surface area contributed by atoms with Gasteiger partial charge in [0, 0.05) is 11.3 Å². The quantitative estimate of drug-likeness (QED) is 0.361. The molecule has 0 amide bonds. The third-order valence-corrected chi connectivity index (χ3v) is 3.73. The highest BCUT2D eigenvalue weighted by atomic mass is 16.6. The molecule has 100 valence electrons. The van der Waals surface area contributed by atoms with Crippen molar-refractivity contribution >= 4 is 6.29 Å². The summed E-state index contributed by atoms with van der Waals surface area (Å²) in [5.74, 6) is -0.447. The number of nitrogens with zero attached hydrogens (tertiary/aromatic N) is 1. The molecular formula is C15H17NO3. The maximum atomic E-state index is 11.4. The summed E-state index contributed by atoms with van der Waals surface area (Å²) in [6, 6.07) is 8.84. The number of carbonyl (C=O) groups excluding carboxylic acids is 1. The van der Waals surface area contributed by atoms with Gasteiger partial charge in [-0.15, -0.1) is 0 Å². The Bertz CT molecular complexity index is 495. The van der Waals surface area contributed by atoms with E-state index < -0.39 is 6.04 Å². The van der Waals surface area contributed by atoms with E-state index >= 15 is 0 Å². The second kappa shape index (κ2) is 5.78. The molecule has 3 atom stereocenters. The van der Waals surface area contributed by atoms with E-state index in [4.69, 9.17) is 0 Å². The summed E-state index contributed by atoms with van der Waals surface area (Å²) in [6.45, 7) is 1.98. The number of carbonyl (C=O) groups is 1. The van der Waals surface area contributed by atoms with Crippen molar-refractivity contribution in [2.75, 3.05) is 0 Å². The van der Waals surface area contributed by atoms with Gasteiger partial charge in [-0.25, -0.2) is 0 Å². The van der Waals surface area contributed by atoms with Crippen LogP contribution in [0.4, 0.5) is 0 Å². The Morgan fingerprint density at radius 3 is 2.63 bits per heavy atom. The monoisotopic (exact) mass is 259 g/mol. The standard InChI is InChI=1S/C15H17NO3/c1-11-9-13(7-8-17)15(16(18)19)14(10-11)12-5-3-2-4-6-12/h2-6,8-9,13-15H,7,10H2,1H3/t13-,14-,15+/m0/s1. The predicted octanol–water partition coefficient (Wildman–Crippen LogP) is 2.97. The van der Waals surface area contributed by atoms with Gasteiger partial charge in [0.05, 0.1) is 11.8 Å². The van der Waals surface area contributed by atoms with E-state index in [1.54, 1.807) is 0 Å². The SMILES string of the molecule is CC1=C[C@H](CC=O)[C@@H]([N+](=O)[O-])[C@H](c2ccccc2)C1. The van der Waals surface area contributed by atoms with Crippen LogP contribution >= 0.6 is 0 Å². The largest absolute Gasteiger partial charge is 0.303 e. The first-order valence-corrected chi connectivity index (χ1v) is 6.43. The van der Waals surface area contributed by atoms with Gasteiger partial charge in [-0.3, -0.25) is 10.1 Å². The smallest absolute Gasteiger partial charge is 0.226 e. The van der Waals surface area contributed by atoms with Crippen LogP contribution in [0, 0.1) is 16.0 Å². The van der Waals surface area contributed by atoms with Gasteiger partial charge in [0.25, 0.3) is 0 Å². The molecule has 0 spiro atoms. The van der Waals surface area contributed by atoms with E-state index in [9.17, 15) is 14.9 Å². The molecule has 0 fully saturated rings. The first-order chi connectivity index (χ1) is 9.13. The lowest BCUT2D eigenvalue weighted by Gasteiger charge is -2.30. The zero-order valence-electron chi connectivity index (χ0n) is 10.9. The molecule has 0 heterocycles. The molecule has 0 bridgehead atoms. The van der Waals surface area contributed by atoms with E-state index in [2.05, 4.69) is 0 Å². The Morgan fingerprint density at radius 1 is 1.37 bits per heavy atom. The Labute approximate surface area is 112 Å². The Morgan fingerprint density at radius 2 is 2.05 bits per heavy atom. The van der Waals surface area contributed by atoms with Crippen LogP contribution in [0.25, 0.3) is 0 Å². The number of nitro groups is 1. The molecule has 1 aliphatic carbocycles. The number of benzene rings is 1. The van der Waals surface area contributed by atoms with Crippen molar-refractivity contribution in [3.05, 3.63) is 57.7 Å². The molecule has 4 heteroatoms. The molecule has 0 saturated carbocycles. The number of aldehydes is 1. The molecule has 1 aliphatic rings. The molecule has 0 N–H and O–H groups in total. The summed E-state index contributed by atoms with van der Waals surface area (Å²) in [5.41, 5.74) is 2.10. The predicted molar refractivity (Wildman–Crippen MR) is 72.5 cm³/mol. The van der Waals surface area contributed by atoms with Gasteiger partial charge >= 0.3 is 0 Å². The Balaban J connectivity index is 2.38. The van der Waals surface area contributed by atoms with Crippen LogP contribution in [-0.2, 0) is 4.79 Å². The molecule has 0 aromatic heterocycles. The van der Waals surface area contributed by atoms with Crippen molar-refractivity contribution < 1.29 is 9.72 Å². The highest BCUT2D eigenvalue weighted by Crippen LogP contribution is 2.38. The summed E-state index contributed by atoms with van der Waals surface area (Å²) in [5, 5.41) is 11.4. The summed E-state index contributed by atoms with van der Waals surface area (Å²) in [6.07, 6.45) is 3.57. The fourth-order valence-electron chi connectivity index (χ4n) is 2.94. The fraction of sp³-hybridized carbons (Fsp3) is 0.400. The van der Waals surface area contributed by atoms with Crippen molar-refractivity contribution in [2.45, 2.75) is 31.7 Å². The molecular weight excluding hydrogens is 242 g/mol. The minimum absolute atomic E-state index is 0.147. The van der Waals surface area contributed by atoms with Crippen molar-refractivity contribution in [1.82, 2.24) is 0 Å². The van der Waals surface area contributed by atoms with Crippen LogP contribution in [0.3, 0.4) is 0 Å². The summed E-state index contributed by atoms with van der Waals surface area (Å²) in [7, 11) is 0. The highest BCUT2D eigenvalue weighted by molar-refractivity contribution is 5.51. The first-order valence-electron chi connectivity index (χ1n) is 6.43. The molecule has 19 heavy (non-hydrogen) atoms. The molecule has 0 aliphatic heterocycles. The van der Waals surface area contributed by atoms with Crippen LogP contribution < -0.4 is 0 Å². The van der Waals surface area contributed by atoms with Crippen LogP contribution in [0.2, 0.25) is 0 Å². The summed E-state index contributed by atoms with van der Waals surface area (Å²) >= 11 is 0. The fourth-order valence-corrected chi connectivity index (χ4v) is 2.94. The minimum atomic E-state index is -0.712. The average molecular weight is 259 g/mol. The molecule has 4 nitrogen and oxygen atoms in total. The molecule has 1 aromatic carbocycles. The maximum Gasteiger partial charge on any atom is 0.226 e. The third kappa shape index (κ3) is 2.89. The third-order valence-electron chi connectivity index (χ3n) is 3.73. The minimum Gasteiger partial charge on any atom is -0.303 e. The maximum absolute atomic E-state index is 11.4. The van der Waals surface area contributed by atoms with Gasteiger partial charge in [0.2, 0.25) is 6.04 Å². The van der Waals surface area contributed by atoms with E-state index in [1.807, 2.05) is 43.3 Å². The van der Waals surface area contributed by atoms with E-state index in [-0.39, 0.29) is 23.2 Å². The van der Waals surface area contributed by atoms with Crippen molar-refractivity contribution in [3.8, 4) is 0 Å². The van der Waals surface area contributed by atoms with Crippen LogP contribution in [0.5, 0.6) is 0 Å². The Kier molecular flexibility index (Phi) is 4.10. The van der Waals surface area contributed by atoms with E-state index in [0.29, 0.717) is 6.42 Å². The number of hydrogen-bond donors (Lipinski definition) is 0. The van der Waals surface area contributed by atoms with E-state index in [1.165, 1.54) is 0 Å². The number of rotatable bonds is 4. The van der Waals surface area contributed by atoms with Crippen molar-refractivity contribution in [1.29, 1.82) is 0 Å².